The van der Waals surface area contributed by atoms with Gasteiger partial charge in [-0.3, -0.25) is 0 Å². The standard InChI is InChI=1S/C9H12O2S/c1-2-9(10)11-7-4-3-5-8(12)6-7/h3-6,9-10,12H,2H2,1H3. The van der Waals surface area contributed by atoms with E-state index < -0.39 is 6.29 Å². The summed E-state index contributed by atoms with van der Waals surface area (Å²) in [6.07, 6.45) is -0.142. The lowest BCUT2D eigenvalue weighted by molar-refractivity contribution is -0.0192. The molecule has 1 aromatic carbocycles. The van der Waals surface area contributed by atoms with E-state index in [1.807, 2.05) is 19.1 Å². The molecule has 3 heteroatoms. The highest BCUT2D eigenvalue weighted by Crippen LogP contribution is 2.17. The largest absolute Gasteiger partial charge is 0.465 e. The van der Waals surface area contributed by atoms with E-state index in [1.54, 1.807) is 12.1 Å². The number of benzene rings is 1. The molecule has 0 aliphatic rings. The van der Waals surface area contributed by atoms with Gasteiger partial charge in [0.05, 0.1) is 0 Å². The average molecular weight is 184 g/mol. The predicted octanol–water partition coefficient (Wildman–Crippen LogP) is 2.08. The third-order valence-corrected chi connectivity index (χ3v) is 1.72. The van der Waals surface area contributed by atoms with E-state index in [2.05, 4.69) is 12.6 Å². The van der Waals surface area contributed by atoms with Crippen LogP contribution in [0.3, 0.4) is 0 Å². The summed E-state index contributed by atoms with van der Waals surface area (Å²) in [7, 11) is 0. The molecule has 1 unspecified atom stereocenters. The molecule has 0 amide bonds. The van der Waals surface area contributed by atoms with Crippen molar-refractivity contribution in [3.05, 3.63) is 24.3 Å². The van der Waals surface area contributed by atoms with Crippen LogP contribution in [0.1, 0.15) is 13.3 Å². The van der Waals surface area contributed by atoms with Gasteiger partial charge in [-0.05, 0) is 18.2 Å². The first-order valence-corrected chi connectivity index (χ1v) is 4.31. The van der Waals surface area contributed by atoms with E-state index in [9.17, 15) is 0 Å². The Kier molecular flexibility index (Phi) is 3.44. The first kappa shape index (κ1) is 9.42. The third kappa shape index (κ3) is 2.75. The Morgan fingerprint density at radius 1 is 1.58 bits per heavy atom. The van der Waals surface area contributed by atoms with Gasteiger partial charge in [-0.1, -0.05) is 13.0 Å². The Bertz CT molecular complexity index is 250. The molecule has 66 valence electrons. The van der Waals surface area contributed by atoms with Crippen LogP contribution in [0.15, 0.2) is 29.2 Å². The number of hydrogen-bond donors (Lipinski definition) is 2. The van der Waals surface area contributed by atoms with Crippen LogP contribution in [-0.4, -0.2) is 11.4 Å². The maximum atomic E-state index is 9.16. The van der Waals surface area contributed by atoms with E-state index in [0.717, 1.165) is 4.90 Å². The first-order valence-electron chi connectivity index (χ1n) is 3.86. The fraction of sp³-hybridized carbons (Fsp3) is 0.333. The van der Waals surface area contributed by atoms with Crippen molar-refractivity contribution in [3.8, 4) is 5.75 Å². The molecule has 0 bridgehead atoms. The highest BCUT2D eigenvalue weighted by molar-refractivity contribution is 7.80. The molecule has 2 nitrogen and oxygen atoms in total. The second-order valence-corrected chi connectivity index (χ2v) is 2.99. The molecule has 0 aromatic heterocycles. The minimum Gasteiger partial charge on any atom is -0.465 e. The van der Waals surface area contributed by atoms with Crippen LogP contribution in [0, 0.1) is 0 Å². The van der Waals surface area contributed by atoms with E-state index in [4.69, 9.17) is 9.84 Å². The fourth-order valence-electron chi connectivity index (χ4n) is 0.797. The molecule has 1 aromatic rings. The molecular weight excluding hydrogens is 172 g/mol. The normalized spacial score (nSPS) is 12.6. The molecule has 0 heterocycles. The fourth-order valence-corrected chi connectivity index (χ4v) is 1.01. The summed E-state index contributed by atoms with van der Waals surface area (Å²) in [4.78, 5) is 0.829. The van der Waals surface area contributed by atoms with E-state index in [0.29, 0.717) is 12.2 Å². The Morgan fingerprint density at radius 3 is 2.92 bits per heavy atom. The van der Waals surface area contributed by atoms with Crippen LogP contribution in [-0.2, 0) is 0 Å². The van der Waals surface area contributed by atoms with Crippen molar-refractivity contribution in [1.29, 1.82) is 0 Å². The Balaban J connectivity index is 2.63. The lowest BCUT2D eigenvalue weighted by atomic mass is 10.3. The minimum absolute atomic E-state index is 0.580. The van der Waals surface area contributed by atoms with Gasteiger partial charge in [0.1, 0.15) is 5.75 Å². The minimum atomic E-state index is -0.722. The smallest absolute Gasteiger partial charge is 0.197 e. The van der Waals surface area contributed by atoms with Gasteiger partial charge in [-0.2, -0.15) is 0 Å². The van der Waals surface area contributed by atoms with Crippen LogP contribution in [0.25, 0.3) is 0 Å². The van der Waals surface area contributed by atoms with Gasteiger partial charge in [0.2, 0.25) is 0 Å². The SMILES string of the molecule is CCC(O)Oc1cccc(S)c1. The second kappa shape index (κ2) is 4.38. The average Bonchev–Trinajstić information content (AvgIpc) is 2.04. The second-order valence-electron chi connectivity index (χ2n) is 2.48. The van der Waals surface area contributed by atoms with Gasteiger partial charge >= 0.3 is 0 Å². The van der Waals surface area contributed by atoms with Crippen molar-refractivity contribution in [2.45, 2.75) is 24.5 Å². The first-order chi connectivity index (χ1) is 5.72. The van der Waals surface area contributed by atoms with Crippen LogP contribution < -0.4 is 4.74 Å². The summed E-state index contributed by atoms with van der Waals surface area (Å²) in [6.45, 7) is 1.86. The molecule has 0 radical (unpaired) electrons. The molecule has 0 saturated heterocycles. The summed E-state index contributed by atoms with van der Waals surface area (Å²) >= 11 is 4.14. The molecule has 0 saturated carbocycles. The van der Waals surface area contributed by atoms with E-state index in [-0.39, 0.29) is 0 Å². The lowest BCUT2D eigenvalue weighted by Crippen LogP contribution is -2.13. The quantitative estimate of drug-likeness (QED) is 0.556. The molecule has 1 N–H and O–H groups in total. The van der Waals surface area contributed by atoms with Gasteiger partial charge in [-0.25, -0.2) is 0 Å². The zero-order chi connectivity index (χ0) is 8.97. The van der Waals surface area contributed by atoms with Crippen molar-refractivity contribution in [1.82, 2.24) is 0 Å². The number of hydrogen-bond acceptors (Lipinski definition) is 3. The summed E-state index contributed by atoms with van der Waals surface area (Å²) in [6, 6.07) is 7.24. The Labute approximate surface area is 77.6 Å². The number of rotatable bonds is 3. The number of aliphatic hydroxyl groups is 1. The number of aliphatic hydroxyl groups excluding tert-OH is 1. The monoisotopic (exact) mass is 184 g/mol. The molecule has 0 spiro atoms. The molecule has 1 rings (SSSR count). The zero-order valence-corrected chi connectivity index (χ0v) is 7.79. The van der Waals surface area contributed by atoms with Crippen LogP contribution in [0.2, 0.25) is 0 Å². The highest BCUT2D eigenvalue weighted by atomic mass is 32.1. The summed E-state index contributed by atoms with van der Waals surface area (Å²) in [5.74, 6) is 0.650. The summed E-state index contributed by atoms with van der Waals surface area (Å²) in [5, 5.41) is 9.16. The molecule has 0 aliphatic heterocycles. The molecule has 12 heavy (non-hydrogen) atoms. The summed E-state index contributed by atoms with van der Waals surface area (Å²) in [5.41, 5.74) is 0. The van der Waals surface area contributed by atoms with Crippen molar-refractivity contribution < 1.29 is 9.84 Å². The molecule has 0 fully saturated rings. The topological polar surface area (TPSA) is 29.5 Å². The van der Waals surface area contributed by atoms with Gasteiger partial charge in [0, 0.05) is 11.3 Å². The molecule has 0 aliphatic carbocycles. The van der Waals surface area contributed by atoms with Gasteiger partial charge in [-0.15, -0.1) is 12.6 Å². The number of ether oxygens (including phenoxy) is 1. The Morgan fingerprint density at radius 2 is 2.33 bits per heavy atom. The van der Waals surface area contributed by atoms with Crippen LogP contribution in [0.5, 0.6) is 5.75 Å². The highest BCUT2D eigenvalue weighted by Gasteiger charge is 2.01. The van der Waals surface area contributed by atoms with Crippen molar-refractivity contribution in [3.63, 3.8) is 0 Å². The maximum Gasteiger partial charge on any atom is 0.197 e. The van der Waals surface area contributed by atoms with E-state index in [1.165, 1.54) is 0 Å². The van der Waals surface area contributed by atoms with Crippen LogP contribution in [0.4, 0.5) is 0 Å². The van der Waals surface area contributed by atoms with E-state index >= 15 is 0 Å². The molecule has 1 atom stereocenters. The lowest BCUT2D eigenvalue weighted by Gasteiger charge is -2.10. The van der Waals surface area contributed by atoms with Crippen molar-refractivity contribution in [2.75, 3.05) is 0 Å². The predicted molar refractivity (Wildman–Crippen MR) is 50.6 cm³/mol. The van der Waals surface area contributed by atoms with Crippen molar-refractivity contribution >= 4 is 12.6 Å². The van der Waals surface area contributed by atoms with Gasteiger partial charge in [0.25, 0.3) is 0 Å². The summed E-state index contributed by atoms with van der Waals surface area (Å²) < 4.78 is 5.15. The van der Waals surface area contributed by atoms with Gasteiger partial charge < -0.3 is 9.84 Å². The molecular formula is C9H12O2S. The van der Waals surface area contributed by atoms with Crippen molar-refractivity contribution in [2.24, 2.45) is 0 Å². The number of thiol groups is 1. The third-order valence-electron chi connectivity index (χ3n) is 1.44. The van der Waals surface area contributed by atoms with Gasteiger partial charge in [0.15, 0.2) is 6.29 Å². The Hall–Kier alpha value is -0.670. The van der Waals surface area contributed by atoms with Crippen LogP contribution >= 0.6 is 12.6 Å². The zero-order valence-electron chi connectivity index (χ0n) is 6.90. The maximum absolute atomic E-state index is 9.16.